The van der Waals surface area contributed by atoms with Gasteiger partial charge in [-0.2, -0.15) is 0 Å². The molecular weight excluding hydrogens is 446 g/mol. The molecule has 35 heavy (non-hydrogen) atoms. The fourth-order valence-corrected chi connectivity index (χ4v) is 5.14. The van der Waals surface area contributed by atoms with E-state index in [1.54, 1.807) is 19.1 Å². The number of carbonyl (C=O) groups is 2. The third kappa shape index (κ3) is 4.56. The molecule has 0 bridgehead atoms. The number of halogens is 2. The number of aliphatic imine (C=N–C) groups is 1. The molecule has 2 aliphatic rings. The quantitative estimate of drug-likeness (QED) is 0.495. The lowest BCUT2D eigenvalue weighted by Gasteiger charge is -2.37. The lowest BCUT2D eigenvalue weighted by atomic mass is 9.69. The minimum Gasteiger partial charge on any atom is -0.325 e. The highest BCUT2D eigenvalue weighted by atomic mass is 19.1. The fraction of sp³-hybridized carbons (Fsp3) is 0.207. The number of hydrogen-bond acceptors (Lipinski definition) is 3. The van der Waals surface area contributed by atoms with Crippen molar-refractivity contribution in [3.63, 3.8) is 0 Å². The number of ketones is 1. The maximum absolute atomic E-state index is 13.7. The van der Waals surface area contributed by atoms with Crippen LogP contribution in [0.15, 0.2) is 95.1 Å². The minimum absolute atomic E-state index is 0.0115. The van der Waals surface area contributed by atoms with E-state index >= 15 is 0 Å². The second kappa shape index (κ2) is 9.37. The molecule has 6 heteroatoms. The fourth-order valence-electron chi connectivity index (χ4n) is 5.14. The molecule has 3 aromatic rings. The molecule has 1 amide bonds. The number of allylic oxidation sites excluding steroid dienone is 2. The van der Waals surface area contributed by atoms with Gasteiger partial charge in [0.05, 0.1) is 5.92 Å². The second-order valence-electron chi connectivity index (χ2n) is 9.06. The first-order chi connectivity index (χ1) is 16.9. The first-order valence-electron chi connectivity index (χ1n) is 11.6. The molecule has 1 N–H and O–H groups in total. The molecule has 1 heterocycles. The molecule has 0 radical (unpaired) electrons. The number of nitrogens with one attached hydrogen (secondary N) is 1. The Hall–Kier alpha value is -3.93. The van der Waals surface area contributed by atoms with E-state index in [1.165, 1.54) is 36.4 Å². The summed E-state index contributed by atoms with van der Waals surface area (Å²) in [7, 11) is 0. The molecule has 1 aliphatic carbocycles. The number of hydrogen-bond donors (Lipinski definition) is 1. The number of carbonyl (C=O) groups excluding carboxylic acids is 2. The first-order valence-corrected chi connectivity index (χ1v) is 11.6. The smallest absolute Gasteiger partial charge is 0.234 e. The number of benzene rings is 3. The Bertz CT molecular complexity index is 1330. The van der Waals surface area contributed by atoms with E-state index in [-0.39, 0.29) is 17.6 Å². The van der Waals surface area contributed by atoms with Gasteiger partial charge in [0.1, 0.15) is 11.6 Å². The summed E-state index contributed by atoms with van der Waals surface area (Å²) in [4.78, 5) is 31.8. The Labute approximate surface area is 202 Å². The van der Waals surface area contributed by atoms with Gasteiger partial charge in [0.2, 0.25) is 5.91 Å². The monoisotopic (exact) mass is 470 g/mol. The van der Waals surface area contributed by atoms with E-state index in [9.17, 15) is 18.4 Å². The van der Waals surface area contributed by atoms with Crippen LogP contribution in [-0.2, 0) is 9.59 Å². The zero-order valence-corrected chi connectivity index (χ0v) is 19.2. The number of nitrogens with zero attached hydrogens (tertiary/aromatic N) is 1. The minimum atomic E-state index is -0.763. The number of rotatable bonds is 4. The Morgan fingerprint density at radius 2 is 1.49 bits per heavy atom. The van der Waals surface area contributed by atoms with Crippen LogP contribution in [0.3, 0.4) is 0 Å². The van der Waals surface area contributed by atoms with Crippen LogP contribution in [0.4, 0.5) is 14.5 Å². The number of Topliss-reactive ketones (excluding diaryl/α,β-unsaturated/α-hetero) is 1. The van der Waals surface area contributed by atoms with Gasteiger partial charge in [-0.3, -0.25) is 14.6 Å². The van der Waals surface area contributed by atoms with Crippen molar-refractivity contribution in [2.24, 2.45) is 10.9 Å². The van der Waals surface area contributed by atoms with Gasteiger partial charge in [-0.15, -0.1) is 0 Å². The predicted molar refractivity (Wildman–Crippen MR) is 131 cm³/mol. The second-order valence-corrected chi connectivity index (χ2v) is 9.06. The van der Waals surface area contributed by atoms with Gasteiger partial charge >= 0.3 is 0 Å². The van der Waals surface area contributed by atoms with Crippen LogP contribution >= 0.6 is 0 Å². The average molecular weight is 471 g/mol. The van der Waals surface area contributed by atoms with Crippen molar-refractivity contribution in [2.75, 3.05) is 5.32 Å². The SMILES string of the molecule is CC1=NC2=C(C(=O)CC(c3ccccc3)C2)C(c2ccc(F)cc2)C1C(=O)Nc1ccc(F)cc1. The molecule has 0 spiro atoms. The molecule has 176 valence electrons. The van der Waals surface area contributed by atoms with Gasteiger partial charge in [0.15, 0.2) is 5.78 Å². The average Bonchev–Trinajstić information content (AvgIpc) is 2.85. The van der Waals surface area contributed by atoms with Gasteiger partial charge in [-0.05, 0) is 66.8 Å². The zero-order valence-electron chi connectivity index (χ0n) is 19.2. The van der Waals surface area contributed by atoms with E-state index in [2.05, 4.69) is 5.32 Å². The normalized spacial score (nSPS) is 21.9. The maximum Gasteiger partial charge on any atom is 0.234 e. The van der Waals surface area contributed by atoms with Gasteiger partial charge in [-0.1, -0.05) is 42.5 Å². The van der Waals surface area contributed by atoms with Crippen LogP contribution in [0, 0.1) is 17.6 Å². The molecule has 1 aliphatic heterocycles. The molecule has 0 saturated heterocycles. The third-order valence-corrected chi connectivity index (χ3v) is 6.78. The molecule has 3 atom stereocenters. The highest BCUT2D eigenvalue weighted by Crippen LogP contribution is 2.46. The van der Waals surface area contributed by atoms with Gasteiger partial charge in [-0.25, -0.2) is 8.78 Å². The van der Waals surface area contributed by atoms with E-state index < -0.39 is 23.5 Å². The van der Waals surface area contributed by atoms with E-state index in [0.29, 0.717) is 41.1 Å². The van der Waals surface area contributed by atoms with Crippen molar-refractivity contribution in [3.8, 4) is 0 Å². The zero-order chi connectivity index (χ0) is 24.5. The maximum atomic E-state index is 13.7. The highest BCUT2D eigenvalue weighted by molar-refractivity contribution is 6.13. The highest BCUT2D eigenvalue weighted by Gasteiger charge is 2.44. The van der Waals surface area contributed by atoms with Crippen LogP contribution in [0.2, 0.25) is 0 Å². The molecule has 4 nitrogen and oxygen atoms in total. The molecular formula is C29H24F2N2O2. The number of anilines is 1. The lowest BCUT2D eigenvalue weighted by Crippen LogP contribution is -2.39. The third-order valence-electron chi connectivity index (χ3n) is 6.78. The van der Waals surface area contributed by atoms with Crippen LogP contribution in [-0.4, -0.2) is 17.4 Å². The summed E-state index contributed by atoms with van der Waals surface area (Å²) in [5.74, 6) is -2.54. The van der Waals surface area contributed by atoms with Crippen LogP contribution in [0.25, 0.3) is 0 Å². The molecule has 3 aromatic carbocycles. The van der Waals surface area contributed by atoms with E-state index in [1.807, 2.05) is 30.3 Å². The topological polar surface area (TPSA) is 58.5 Å². The van der Waals surface area contributed by atoms with Gasteiger partial charge in [0, 0.05) is 35.0 Å². The summed E-state index contributed by atoms with van der Waals surface area (Å²) in [6.07, 6.45) is 0.911. The first kappa shape index (κ1) is 22.8. The summed E-state index contributed by atoms with van der Waals surface area (Å²) < 4.78 is 27.1. The Kier molecular flexibility index (Phi) is 6.12. The van der Waals surface area contributed by atoms with Crippen LogP contribution < -0.4 is 5.32 Å². The Morgan fingerprint density at radius 1 is 0.857 bits per heavy atom. The van der Waals surface area contributed by atoms with Crippen molar-refractivity contribution < 1.29 is 18.4 Å². The number of amides is 1. The standard InChI is InChI=1S/C29H24F2N2O2/c1-17-26(29(35)33-23-13-11-22(31)12-14-23)27(19-7-9-21(30)10-8-19)28-24(32-17)15-20(16-25(28)34)18-5-3-2-4-6-18/h2-14,20,26-27H,15-16H2,1H3,(H,33,35). The predicted octanol–water partition coefficient (Wildman–Crippen LogP) is 6.18. The summed E-state index contributed by atoms with van der Waals surface area (Å²) in [5, 5.41) is 2.83. The van der Waals surface area contributed by atoms with Gasteiger partial charge in [0.25, 0.3) is 0 Å². The Balaban J connectivity index is 1.55. The molecule has 3 unspecified atom stereocenters. The molecule has 0 aromatic heterocycles. The molecule has 5 rings (SSSR count). The summed E-state index contributed by atoms with van der Waals surface area (Å²) in [6.45, 7) is 1.78. The molecule has 0 saturated carbocycles. The summed E-state index contributed by atoms with van der Waals surface area (Å²) in [6, 6.07) is 21.3. The lowest BCUT2D eigenvalue weighted by molar-refractivity contribution is -0.119. The van der Waals surface area contributed by atoms with Crippen molar-refractivity contribution in [2.45, 2.75) is 31.6 Å². The van der Waals surface area contributed by atoms with Crippen molar-refractivity contribution in [3.05, 3.63) is 113 Å². The van der Waals surface area contributed by atoms with Crippen LogP contribution in [0.5, 0.6) is 0 Å². The molecule has 0 fully saturated rings. The van der Waals surface area contributed by atoms with Crippen LogP contribution in [0.1, 0.15) is 42.7 Å². The summed E-state index contributed by atoms with van der Waals surface area (Å²) in [5.41, 5.74) is 4.00. The Morgan fingerprint density at radius 3 is 2.14 bits per heavy atom. The van der Waals surface area contributed by atoms with Crippen molar-refractivity contribution in [1.82, 2.24) is 0 Å². The van der Waals surface area contributed by atoms with E-state index in [0.717, 1.165) is 5.56 Å². The summed E-state index contributed by atoms with van der Waals surface area (Å²) >= 11 is 0. The van der Waals surface area contributed by atoms with Gasteiger partial charge < -0.3 is 5.32 Å². The largest absolute Gasteiger partial charge is 0.325 e. The van der Waals surface area contributed by atoms with Crippen molar-refractivity contribution in [1.29, 1.82) is 0 Å². The van der Waals surface area contributed by atoms with Crippen molar-refractivity contribution >= 4 is 23.1 Å². The van der Waals surface area contributed by atoms with E-state index in [4.69, 9.17) is 4.99 Å².